The van der Waals surface area contributed by atoms with Crippen molar-refractivity contribution >= 4 is 50.7 Å². The summed E-state index contributed by atoms with van der Waals surface area (Å²) < 4.78 is 26.0. The molecule has 0 heterocycles. The molecular weight excluding hydrogens is 497 g/mol. The quantitative estimate of drug-likeness (QED) is 0.469. The van der Waals surface area contributed by atoms with Crippen LogP contribution in [0.4, 0.5) is 5.69 Å². The standard InChI is InChI=1S/C24H31Cl2N3O4S/c1-5-22(24(31)27-3)28(16-18-10-13-20(25)21(26)15-18)23(30)7-6-14-29(34(4,32)33)19-11-8-17(2)9-12-19/h8-13,15,22H,5-7,14,16H2,1-4H3,(H,27,31)/t22-/m0/s1. The Bertz CT molecular complexity index is 1110. The SMILES string of the molecule is CC[C@@H](C(=O)NC)N(Cc1ccc(Cl)c(Cl)c1)C(=O)CCCN(c1ccc(C)cc1)S(C)(=O)=O. The Morgan fingerprint density at radius 1 is 1.06 bits per heavy atom. The maximum atomic E-state index is 13.3. The van der Waals surface area contributed by atoms with Crippen molar-refractivity contribution in [3.8, 4) is 0 Å². The Kier molecular flexibility index (Phi) is 10.2. The number of anilines is 1. The van der Waals surface area contributed by atoms with Crippen LogP contribution in [-0.2, 0) is 26.2 Å². The van der Waals surface area contributed by atoms with Crippen molar-refractivity contribution in [3.05, 3.63) is 63.6 Å². The zero-order valence-corrected chi connectivity index (χ0v) is 22.2. The van der Waals surface area contributed by atoms with Crippen molar-refractivity contribution in [2.45, 2.75) is 45.7 Å². The van der Waals surface area contributed by atoms with E-state index in [1.807, 2.05) is 26.0 Å². The number of carbonyl (C=O) groups excluding carboxylic acids is 2. The fourth-order valence-electron chi connectivity index (χ4n) is 3.64. The zero-order valence-electron chi connectivity index (χ0n) is 19.8. The predicted molar refractivity (Wildman–Crippen MR) is 138 cm³/mol. The van der Waals surface area contributed by atoms with Crippen molar-refractivity contribution in [1.29, 1.82) is 0 Å². The van der Waals surface area contributed by atoms with Gasteiger partial charge in [-0.25, -0.2) is 8.42 Å². The van der Waals surface area contributed by atoms with Crippen LogP contribution in [0.3, 0.4) is 0 Å². The largest absolute Gasteiger partial charge is 0.357 e. The van der Waals surface area contributed by atoms with Gasteiger partial charge in [0.15, 0.2) is 0 Å². The van der Waals surface area contributed by atoms with Crippen LogP contribution >= 0.6 is 23.2 Å². The van der Waals surface area contributed by atoms with E-state index in [2.05, 4.69) is 5.32 Å². The molecule has 34 heavy (non-hydrogen) atoms. The van der Waals surface area contributed by atoms with Crippen molar-refractivity contribution in [2.75, 3.05) is 24.2 Å². The molecule has 2 rings (SSSR count). The van der Waals surface area contributed by atoms with E-state index >= 15 is 0 Å². The summed E-state index contributed by atoms with van der Waals surface area (Å²) in [7, 11) is -2.00. The van der Waals surface area contributed by atoms with Gasteiger partial charge in [-0.15, -0.1) is 0 Å². The molecule has 0 fully saturated rings. The van der Waals surface area contributed by atoms with E-state index in [9.17, 15) is 18.0 Å². The maximum Gasteiger partial charge on any atom is 0.242 e. The van der Waals surface area contributed by atoms with Gasteiger partial charge in [-0.2, -0.15) is 0 Å². The molecule has 0 saturated heterocycles. The van der Waals surface area contributed by atoms with Gasteiger partial charge < -0.3 is 10.2 Å². The Hall–Kier alpha value is -2.29. The number of hydrogen-bond donors (Lipinski definition) is 1. The van der Waals surface area contributed by atoms with E-state index in [1.54, 1.807) is 30.3 Å². The summed E-state index contributed by atoms with van der Waals surface area (Å²) in [4.78, 5) is 27.2. The fraction of sp³-hybridized carbons (Fsp3) is 0.417. The zero-order chi connectivity index (χ0) is 25.5. The molecule has 1 atom stereocenters. The minimum absolute atomic E-state index is 0.0761. The Labute approximate surface area is 212 Å². The van der Waals surface area contributed by atoms with Gasteiger partial charge in [-0.3, -0.25) is 13.9 Å². The molecule has 0 aromatic heterocycles. The van der Waals surface area contributed by atoms with Crippen molar-refractivity contribution < 1.29 is 18.0 Å². The molecule has 2 aromatic rings. The highest BCUT2D eigenvalue weighted by molar-refractivity contribution is 7.92. The lowest BCUT2D eigenvalue weighted by molar-refractivity contribution is -0.141. The van der Waals surface area contributed by atoms with Gasteiger partial charge in [-0.05, 0) is 49.6 Å². The third-order valence-corrected chi connectivity index (χ3v) is 7.38. The molecule has 0 aliphatic heterocycles. The van der Waals surface area contributed by atoms with Crippen LogP contribution in [0.2, 0.25) is 10.0 Å². The summed E-state index contributed by atoms with van der Waals surface area (Å²) in [5, 5.41) is 3.37. The molecule has 0 unspecified atom stereocenters. The smallest absolute Gasteiger partial charge is 0.242 e. The summed E-state index contributed by atoms with van der Waals surface area (Å²) >= 11 is 12.1. The van der Waals surface area contributed by atoms with Crippen molar-refractivity contribution in [2.24, 2.45) is 0 Å². The maximum absolute atomic E-state index is 13.3. The number of benzene rings is 2. The number of nitrogens with one attached hydrogen (secondary N) is 1. The van der Waals surface area contributed by atoms with Gasteiger partial charge in [0.2, 0.25) is 21.8 Å². The minimum atomic E-state index is -3.53. The first kappa shape index (κ1) is 28.0. The van der Waals surface area contributed by atoms with E-state index in [0.29, 0.717) is 28.6 Å². The van der Waals surface area contributed by atoms with Crippen LogP contribution in [0, 0.1) is 6.92 Å². The second-order valence-corrected chi connectivity index (χ2v) is 10.8. The Balaban J connectivity index is 2.20. The van der Waals surface area contributed by atoms with Gasteiger partial charge in [-0.1, -0.05) is 53.9 Å². The molecule has 0 radical (unpaired) electrons. The van der Waals surface area contributed by atoms with E-state index in [-0.39, 0.29) is 31.3 Å². The highest BCUT2D eigenvalue weighted by atomic mass is 35.5. The first-order valence-corrected chi connectivity index (χ1v) is 13.6. The van der Waals surface area contributed by atoms with Gasteiger partial charge in [0.1, 0.15) is 6.04 Å². The summed E-state index contributed by atoms with van der Waals surface area (Å²) in [6.07, 6.45) is 1.93. The highest BCUT2D eigenvalue weighted by Gasteiger charge is 2.28. The van der Waals surface area contributed by atoms with E-state index < -0.39 is 16.1 Å². The summed E-state index contributed by atoms with van der Waals surface area (Å²) in [6, 6.07) is 11.6. The lowest BCUT2D eigenvalue weighted by Crippen LogP contribution is -2.48. The lowest BCUT2D eigenvalue weighted by atomic mass is 10.1. The number of hydrogen-bond acceptors (Lipinski definition) is 4. The number of amides is 2. The minimum Gasteiger partial charge on any atom is -0.357 e. The van der Waals surface area contributed by atoms with Crippen LogP contribution in [0.5, 0.6) is 0 Å². The van der Waals surface area contributed by atoms with Crippen LogP contribution in [0.25, 0.3) is 0 Å². The highest BCUT2D eigenvalue weighted by Crippen LogP contribution is 2.25. The lowest BCUT2D eigenvalue weighted by Gasteiger charge is -2.31. The van der Waals surface area contributed by atoms with Gasteiger partial charge >= 0.3 is 0 Å². The molecule has 0 aliphatic rings. The molecule has 0 saturated carbocycles. The number of rotatable bonds is 11. The Morgan fingerprint density at radius 3 is 2.24 bits per heavy atom. The molecule has 0 aliphatic carbocycles. The van der Waals surface area contributed by atoms with Gasteiger partial charge in [0.05, 0.1) is 22.0 Å². The predicted octanol–water partition coefficient (Wildman–Crippen LogP) is 4.40. The number of carbonyl (C=O) groups is 2. The van der Waals surface area contributed by atoms with Gasteiger partial charge in [0.25, 0.3) is 0 Å². The van der Waals surface area contributed by atoms with E-state index in [0.717, 1.165) is 17.4 Å². The third kappa shape index (κ3) is 7.61. The van der Waals surface area contributed by atoms with Gasteiger partial charge in [0, 0.05) is 26.6 Å². The van der Waals surface area contributed by atoms with E-state index in [4.69, 9.17) is 23.2 Å². The van der Waals surface area contributed by atoms with E-state index in [1.165, 1.54) is 16.3 Å². The molecule has 0 bridgehead atoms. The number of aryl methyl sites for hydroxylation is 1. The average Bonchev–Trinajstić information content (AvgIpc) is 2.78. The second kappa shape index (κ2) is 12.4. The monoisotopic (exact) mass is 527 g/mol. The molecule has 0 spiro atoms. The van der Waals surface area contributed by atoms with Crippen LogP contribution < -0.4 is 9.62 Å². The molecule has 2 amide bonds. The fourth-order valence-corrected chi connectivity index (χ4v) is 4.92. The molecular formula is C24H31Cl2N3O4S. The summed E-state index contributed by atoms with van der Waals surface area (Å²) in [6.45, 7) is 4.07. The topological polar surface area (TPSA) is 86.8 Å². The number of nitrogens with zero attached hydrogens (tertiary/aromatic N) is 2. The Morgan fingerprint density at radius 2 is 1.71 bits per heavy atom. The van der Waals surface area contributed by atoms with Crippen LogP contribution in [-0.4, -0.2) is 51.0 Å². The molecule has 10 heteroatoms. The summed E-state index contributed by atoms with van der Waals surface area (Å²) in [5.74, 6) is -0.521. The van der Waals surface area contributed by atoms with Crippen LogP contribution in [0.1, 0.15) is 37.3 Å². The van der Waals surface area contributed by atoms with Crippen molar-refractivity contribution in [1.82, 2.24) is 10.2 Å². The van der Waals surface area contributed by atoms with Crippen LogP contribution in [0.15, 0.2) is 42.5 Å². The number of sulfonamides is 1. The normalized spacial score (nSPS) is 12.2. The molecule has 186 valence electrons. The molecule has 1 N–H and O–H groups in total. The number of halogens is 2. The average molecular weight is 529 g/mol. The third-order valence-electron chi connectivity index (χ3n) is 5.44. The van der Waals surface area contributed by atoms with Crippen molar-refractivity contribution in [3.63, 3.8) is 0 Å². The second-order valence-electron chi connectivity index (χ2n) is 8.08. The first-order valence-electron chi connectivity index (χ1n) is 11.0. The molecule has 7 nitrogen and oxygen atoms in total. The summed E-state index contributed by atoms with van der Waals surface area (Å²) in [5.41, 5.74) is 2.30. The first-order chi connectivity index (χ1) is 16.0. The number of likely N-dealkylation sites (N-methyl/N-ethyl adjacent to an activating group) is 1. The molecule has 2 aromatic carbocycles.